The molecule has 0 saturated heterocycles. The molecular formula is C15H23N3O. The van der Waals surface area contributed by atoms with Crippen LogP contribution in [0.15, 0.2) is 17.1 Å². The van der Waals surface area contributed by atoms with Gasteiger partial charge in [-0.25, -0.2) is 0 Å². The summed E-state index contributed by atoms with van der Waals surface area (Å²) in [4.78, 5) is 6.54. The minimum Gasteiger partial charge on any atom is -0.383 e. The minimum atomic E-state index is 0.246. The molecule has 0 bridgehead atoms. The normalized spacial score (nSPS) is 18.8. The molecule has 1 heterocycles. The van der Waals surface area contributed by atoms with E-state index in [9.17, 15) is 0 Å². The molecule has 0 amide bonds. The summed E-state index contributed by atoms with van der Waals surface area (Å²) in [5.41, 5.74) is 11.3. The zero-order valence-corrected chi connectivity index (χ0v) is 12.2. The van der Waals surface area contributed by atoms with Crippen molar-refractivity contribution in [3.63, 3.8) is 0 Å². The third-order valence-electron chi connectivity index (χ3n) is 3.70. The highest BCUT2D eigenvalue weighted by molar-refractivity contribution is 5.80. The van der Waals surface area contributed by atoms with E-state index >= 15 is 0 Å². The van der Waals surface area contributed by atoms with Gasteiger partial charge in [-0.2, -0.15) is 0 Å². The summed E-state index contributed by atoms with van der Waals surface area (Å²) in [5, 5.41) is 0. The van der Waals surface area contributed by atoms with Crippen molar-refractivity contribution in [2.75, 3.05) is 26.8 Å². The quantitative estimate of drug-likeness (QED) is 0.901. The minimum absolute atomic E-state index is 0.246. The summed E-state index contributed by atoms with van der Waals surface area (Å²) in [6.07, 6.45) is 0. The highest BCUT2D eigenvalue weighted by atomic mass is 16.5. The van der Waals surface area contributed by atoms with Crippen LogP contribution in [-0.2, 0) is 4.74 Å². The van der Waals surface area contributed by atoms with Crippen LogP contribution in [0, 0.1) is 20.8 Å². The van der Waals surface area contributed by atoms with Crippen molar-refractivity contribution in [2.24, 2.45) is 10.7 Å². The third-order valence-corrected chi connectivity index (χ3v) is 3.70. The lowest BCUT2D eigenvalue weighted by Crippen LogP contribution is -2.38. The molecule has 1 aromatic rings. The Balaban J connectivity index is 2.31. The van der Waals surface area contributed by atoms with Gasteiger partial charge >= 0.3 is 0 Å². The van der Waals surface area contributed by atoms with E-state index in [0.29, 0.717) is 12.6 Å². The van der Waals surface area contributed by atoms with E-state index < -0.39 is 0 Å². The molecule has 0 fully saturated rings. The molecule has 4 nitrogen and oxygen atoms in total. The lowest BCUT2D eigenvalue weighted by atomic mass is 9.93. The number of hydrogen-bond acceptors (Lipinski definition) is 4. The first-order chi connectivity index (χ1) is 9.04. The number of aryl methyl sites for hydroxylation is 3. The number of benzene rings is 1. The summed E-state index contributed by atoms with van der Waals surface area (Å²) < 4.78 is 5.16. The number of nitrogens with two attached hydrogens (primary N) is 1. The molecule has 1 aliphatic rings. The predicted molar refractivity (Wildman–Crippen MR) is 78.5 cm³/mol. The van der Waals surface area contributed by atoms with Crippen molar-refractivity contribution in [1.82, 2.24) is 4.90 Å². The SMILES string of the molecule is COCCN1C(N)=NCC1c1c(C)cc(C)cc1C. The average Bonchev–Trinajstić information content (AvgIpc) is 2.67. The molecule has 0 spiro atoms. The number of rotatable bonds is 4. The van der Waals surface area contributed by atoms with Crippen LogP contribution in [0.5, 0.6) is 0 Å². The van der Waals surface area contributed by atoms with E-state index in [0.717, 1.165) is 13.1 Å². The van der Waals surface area contributed by atoms with Gasteiger partial charge in [0.25, 0.3) is 0 Å². The number of nitrogens with zero attached hydrogens (tertiary/aromatic N) is 2. The second-order valence-corrected chi connectivity index (χ2v) is 5.21. The van der Waals surface area contributed by atoms with Crippen LogP contribution in [0.1, 0.15) is 28.3 Å². The predicted octanol–water partition coefficient (Wildman–Crippen LogP) is 1.93. The highest BCUT2D eigenvalue weighted by Gasteiger charge is 2.29. The first-order valence-corrected chi connectivity index (χ1v) is 6.68. The molecule has 2 N–H and O–H groups in total. The maximum atomic E-state index is 6.00. The van der Waals surface area contributed by atoms with Gasteiger partial charge in [-0.05, 0) is 37.5 Å². The summed E-state index contributed by atoms with van der Waals surface area (Å²) in [6, 6.07) is 4.70. The number of methoxy groups -OCH3 is 1. The molecule has 0 aliphatic carbocycles. The lowest BCUT2D eigenvalue weighted by Gasteiger charge is -2.28. The van der Waals surface area contributed by atoms with Crippen molar-refractivity contribution in [3.8, 4) is 0 Å². The van der Waals surface area contributed by atoms with Gasteiger partial charge in [0.1, 0.15) is 0 Å². The Bertz CT molecular complexity index is 473. The smallest absolute Gasteiger partial charge is 0.192 e. The van der Waals surface area contributed by atoms with Crippen LogP contribution in [0.4, 0.5) is 0 Å². The van der Waals surface area contributed by atoms with Gasteiger partial charge in [0.15, 0.2) is 5.96 Å². The highest BCUT2D eigenvalue weighted by Crippen LogP contribution is 2.31. The van der Waals surface area contributed by atoms with E-state index in [1.807, 2.05) is 0 Å². The van der Waals surface area contributed by atoms with Crippen molar-refractivity contribution < 1.29 is 4.74 Å². The van der Waals surface area contributed by atoms with Crippen LogP contribution in [0.2, 0.25) is 0 Å². The second kappa shape index (κ2) is 5.61. The zero-order valence-electron chi connectivity index (χ0n) is 12.2. The molecule has 4 heteroatoms. The van der Waals surface area contributed by atoms with Crippen LogP contribution in [0.3, 0.4) is 0 Å². The maximum absolute atomic E-state index is 6.00. The van der Waals surface area contributed by atoms with E-state index in [-0.39, 0.29) is 6.04 Å². The van der Waals surface area contributed by atoms with Crippen LogP contribution in [0.25, 0.3) is 0 Å². The van der Waals surface area contributed by atoms with Crippen LogP contribution >= 0.6 is 0 Å². The van der Waals surface area contributed by atoms with Crippen LogP contribution in [-0.4, -0.2) is 37.7 Å². The van der Waals surface area contributed by atoms with E-state index in [4.69, 9.17) is 10.5 Å². The Labute approximate surface area is 115 Å². The fraction of sp³-hybridized carbons (Fsp3) is 0.533. The Morgan fingerprint density at radius 1 is 1.32 bits per heavy atom. The van der Waals surface area contributed by atoms with E-state index in [2.05, 4.69) is 42.8 Å². The summed E-state index contributed by atoms with van der Waals surface area (Å²) in [7, 11) is 1.71. The first kappa shape index (κ1) is 13.9. The van der Waals surface area contributed by atoms with Crippen molar-refractivity contribution in [2.45, 2.75) is 26.8 Å². The molecule has 1 aromatic carbocycles. The Kier molecular flexibility index (Phi) is 4.10. The summed E-state index contributed by atoms with van der Waals surface area (Å²) in [6.45, 7) is 8.64. The Hall–Kier alpha value is -1.55. The van der Waals surface area contributed by atoms with Crippen LogP contribution < -0.4 is 5.73 Å². The molecule has 1 unspecified atom stereocenters. The molecule has 1 aliphatic heterocycles. The molecular weight excluding hydrogens is 238 g/mol. The van der Waals surface area contributed by atoms with Crippen molar-refractivity contribution in [3.05, 3.63) is 34.4 Å². The third kappa shape index (κ3) is 2.73. The maximum Gasteiger partial charge on any atom is 0.192 e. The standard InChI is InChI=1S/C15H23N3O/c1-10-7-11(2)14(12(3)8-10)13-9-17-15(16)18(13)5-6-19-4/h7-8,13H,5-6,9H2,1-4H3,(H2,16,17). The Morgan fingerprint density at radius 2 is 1.95 bits per heavy atom. The van der Waals surface area contributed by atoms with Gasteiger partial charge in [0, 0.05) is 13.7 Å². The fourth-order valence-corrected chi connectivity index (χ4v) is 2.95. The monoisotopic (exact) mass is 261 g/mol. The molecule has 0 radical (unpaired) electrons. The van der Waals surface area contributed by atoms with Gasteiger partial charge in [0.05, 0.1) is 19.2 Å². The number of aliphatic imine (C=N–C) groups is 1. The molecule has 0 aromatic heterocycles. The van der Waals surface area contributed by atoms with Gasteiger partial charge in [-0.15, -0.1) is 0 Å². The summed E-state index contributed by atoms with van der Waals surface area (Å²) >= 11 is 0. The number of hydrogen-bond donors (Lipinski definition) is 1. The first-order valence-electron chi connectivity index (χ1n) is 6.68. The Morgan fingerprint density at radius 3 is 2.53 bits per heavy atom. The fourth-order valence-electron chi connectivity index (χ4n) is 2.95. The summed E-state index contributed by atoms with van der Waals surface area (Å²) in [5.74, 6) is 0.626. The lowest BCUT2D eigenvalue weighted by molar-refractivity contribution is 0.166. The molecule has 104 valence electrons. The van der Waals surface area contributed by atoms with Gasteiger partial charge in [-0.1, -0.05) is 17.7 Å². The number of guanidine groups is 1. The van der Waals surface area contributed by atoms with Crippen molar-refractivity contribution >= 4 is 5.96 Å². The second-order valence-electron chi connectivity index (χ2n) is 5.21. The number of ether oxygens (including phenoxy) is 1. The zero-order chi connectivity index (χ0) is 14.0. The van der Waals surface area contributed by atoms with E-state index in [1.54, 1.807) is 7.11 Å². The largest absolute Gasteiger partial charge is 0.383 e. The van der Waals surface area contributed by atoms with Gasteiger partial charge < -0.3 is 15.4 Å². The molecule has 19 heavy (non-hydrogen) atoms. The van der Waals surface area contributed by atoms with Gasteiger partial charge in [0.2, 0.25) is 0 Å². The average molecular weight is 261 g/mol. The molecule has 0 saturated carbocycles. The van der Waals surface area contributed by atoms with Gasteiger partial charge in [-0.3, -0.25) is 4.99 Å². The molecule has 1 atom stereocenters. The van der Waals surface area contributed by atoms with E-state index in [1.165, 1.54) is 22.3 Å². The van der Waals surface area contributed by atoms with Crippen molar-refractivity contribution in [1.29, 1.82) is 0 Å². The topological polar surface area (TPSA) is 50.9 Å². The molecule has 2 rings (SSSR count).